The average molecular weight is 274 g/mol. The van der Waals surface area contributed by atoms with Crippen LogP contribution in [0.25, 0.3) is 5.69 Å². The van der Waals surface area contributed by atoms with Gasteiger partial charge in [0.05, 0.1) is 16.2 Å². The predicted octanol–water partition coefficient (Wildman–Crippen LogP) is 2.11. The summed E-state index contributed by atoms with van der Waals surface area (Å²) in [6.45, 7) is 3.90. The van der Waals surface area contributed by atoms with E-state index in [9.17, 15) is 14.9 Å². The molecule has 0 aliphatic rings. The molecule has 0 fully saturated rings. The van der Waals surface area contributed by atoms with Gasteiger partial charge in [0, 0.05) is 18.9 Å². The number of carbonyl (C=O) groups excluding carboxylic acids is 1. The minimum Gasteiger partial charge on any atom is -0.298 e. The molecule has 0 amide bonds. The van der Waals surface area contributed by atoms with Gasteiger partial charge in [0.25, 0.3) is 5.69 Å². The van der Waals surface area contributed by atoms with Crippen LogP contribution in [0.15, 0.2) is 18.2 Å². The van der Waals surface area contributed by atoms with Gasteiger partial charge in [0.1, 0.15) is 5.82 Å². The van der Waals surface area contributed by atoms with E-state index in [2.05, 4.69) is 10.1 Å². The van der Waals surface area contributed by atoms with Crippen molar-refractivity contribution in [1.29, 1.82) is 0 Å². The average Bonchev–Trinajstić information content (AvgIpc) is 2.89. The van der Waals surface area contributed by atoms with E-state index in [4.69, 9.17) is 0 Å². The molecule has 20 heavy (non-hydrogen) atoms. The van der Waals surface area contributed by atoms with E-state index in [0.717, 1.165) is 5.82 Å². The van der Waals surface area contributed by atoms with Crippen LogP contribution in [-0.4, -0.2) is 26.0 Å². The summed E-state index contributed by atoms with van der Waals surface area (Å²) >= 11 is 0. The van der Waals surface area contributed by atoms with Crippen molar-refractivity contribution in [2.45, 2.75) is 26.7 Å². The summed E-state index contributed by atoms with van der Waals surface area (Å²) in [5, 5.41) is 15.2. The third kappa shape index (κ3) is 2.42. The first-order chi connectivity index (χ1) is 9.60. The highest BCUT2D eigenvalue weighted by Crippen LogP contribution is 2.21. The van der Waals surface area contributed by atoms with Crippen LogP contribution in [0.2, 0.25) is 0 Å². The Morgan fingerprint density at radius 1 is 1.35 bits per heavy atom. The molecular weight excluding hydrogens is 260 g/mol. The number of aromatic nitrogens is 3. The van der Waals surface area contributed by atoms with Gasteiger partial charge in [0.2, 0.25) is 0 Å². The summed E-state index contributed by atoms with van der Waals surface area (Å²) in [5.74, 6) is 1.46. The van der Waals surface area contributed by atoms with Gasteiger partial charge < -0.3 is 0 Å². The maximum Gasteiger partial charge on any atom is 0.280 e. The normalized spacial score (nSPS) is 10.5. The van der Waals surface area contributed by atoms with Gasteiger partial charge in [0.15, 0.2) is 12.1 Å². The molecule has 7 heteroatoms. The Kier molecular flexibility index (Phi) is 3.88. The monoisotopic (exact) mass is 274 g/mol. The first-order valence-corrected chi connectivity index (χ1v) is 6.29. The lowest BCUT2D eigenvalue weighted by atomic mass is 10.2. The Bertz CT molecular complexity index is 664. The van der Waals surface area contributed by atoms with Crippen LogP contribution in [0.1, 0.15) is 35.9 Å². The molecule has 1 heterocycles. The summed E-state index contributed by atoms with van der Waals surface area (Å²) < 4.78 is 1.62. The lowest BCUT2D eigenvalue weighted by Gasteiger charge is -2.05. The predicted molar refractivity (Wildman–Crippen MR) is 72.2 cm³/mol. The molecule has 0 aliphatic heterocycles. The van der Waals surface area contributed by atoms with Gasteiger partial charge in [-0.15, -0.1) is 0 Å². The first kappa shape index (κ1) is 13.9. The van der Waals surface area contributed by atoms with Crippen LogP contribution in [0.5, 0.6) is 0 Å². The minimum atomic E-state index is -0.576. The van der Waals surface area contributed by atoms with E-state index in [0.29, 0.717) is 30.6 Å². The lowest BCUT2D eigenvalue weighted by Crippen LogP contribution is -2.04. The highest BCUT2D eigenvalue weighted by Gasteiger charge is 2.16. The SMILES string of the molecule is CCc1nc(CC)n(-c2ccc([N+](=O)[O-])c(C=O)c2)n1. The number of nitro groups is 1. The molecule has 2 aromatic rings. The standard InChI is InChI=1S/C13H14N4O3/c1-3-12-14-13(4-2)16(15-12)10-5-6-11(17(19)20)9(7-10)8-18/h5-8H,3-4H2,1-2H3. The van der Waals surface area contributed by atoms with Crippen molar-refractivity contribution in [2.24, 2.45) is 0 Å². The number of nitrogens with zero attached hydrogens (tertiary/aromatic N) is 4. The molecule has 0 atom stereocenters. The number of hydrogen-bond donors (Lipinski definition) is 0. The van der Waals surface area contributed by atoms with Crippen molar-refractivity contribution < 1.29 is 9.72 Å². The van der Waals surface area contributed by atoms with Crippen LogP contribution in [0.3, 0.4) is 0 Å². The number of nitro benzene ring substituents is 1. The Hall–Kier alpha value is -2.57. The molecule has 2 rings (SSSR count). The summed E-state index contributed by atoms with van der Waals surface area (Å²) in [7, 11) is 0. The molecule has 0 bridgehead atoms. The Labute approximate surface area is 115 Å². The maximum atomic E-state index is 11.0. The second kappa shape index (κ2) is 5.60. The zero-order valence-electron chi connectivity index (χ0n) is 11.2. The molecule has 0 aliphatic carbocycles. The third-order valence-corrected chi connectivity index (χ3v) is 2.93. The molecule has 0 radical (unpaired) electrons. The summed E-state index contributed by atoms with van der Waals surface area (Å²) in [5.41, 5.74) is 0.419. The van der Waals surface area contributed by atoms with Crippen molar-refractivity contribution in [3.05, 3.63) is 45.5 Å². The lowest BCUT2D eigenvalue weighted by molar-refractivity contribution is -0.385. The Morgan fingerprint density at radius 2 is 2.10 bits per heavy atom. The molecule has 0 N–H and O–H groups in total. The smallest absolute Gasteiger partial charge is 0.280 e. The van der Waals surface area contributed by atoms with Gasteiger partial charge in [-0.3, -0.25) is 14.9 Å². The zero-order valence-corrected chi connectivity index (χ0v) is 11.2. The van der Waals surface area contributed by atoms with Crippen LogP contribution >= 0.6 is 0 Å². The van der Waals surface area contributed by atoms with Crippen LogP contribution in [-0.2, 0) is 12.8 Å². The van der Waals surface area contributed by atoms with Gasteiger partial charge >= 0.3 is 0 Å². The fourth-order valence-electron chi connectivity index (χ4n) is 1.91. The van der Waals surface area contributed by atoms with Crippen molar-refractivity contribution in [3.8, 4) is 5.69 Å². The minimum absolute atomic E-state index is 0.0306. The first-order valence-electron chi connectivity index (χ1n) is 6.29. The second-order valence-electron chi connectivity index (χ2n) is 4.18. The van der Waals surface area contributed by atoms with E-state index < -0.39 is 4.92 Å². The molecule has 7 nitrogen and oxygen atoms in total. The summed E-state index contributed by atoms with van der Waals surface area (Å²) in [6.07, 6.45) is 1.86. The Balaban J connectivity index is 2.55. The fraction of sp³-hybridized carbons (Fsp3) is 0.308. The molecular formula is C13H14N4O3. The van der Waals surface area contributed by atoms with Crippen molar-refractivity contribution in [3.63, 3.8) is 0 Å². The quantitative estimate of drug-likeness (QED) is 0.473. The summed E-state index contributed by atoms with van der Waals surface area (Å²) in [4.78, 5) is 25.6. The number of benzene rings is 1. The molecule has 1 aromatic carbocycles. The summed E-state index contributed by atoms with van der Waals surface area (Å²) in [6, 6.07) is 4.34. The van der Waals surface area contributed by atoms with Gasteiger partial charge in [-0.2, -0.15) is 5.10 Å². The van der Waals surface area contributed by atoms with E-state index in [1.807, 2.05) is 13.8 Å². The van der Waals surface area contributed by atoms with Gasteiger partial charge in [-0.1, -0.05) is 13.8 Å². The second-order valence-corrected chi connectivity index (χ2v) is 4.18. The van der Waals surface area contributed by atoms with Crippen LogP contribution in [0.4, 0.5) is 5.69 Å². The highest BCUT2D eigenvalue weighted by atomic mass is 16.6. The van der Waals surface area contributed by atoms with Crippen molar-refractivity contribution >= 4 is 12.0 Å². The number of aldehydes is 1. The highest BCUT2D eigenvalue weighted by molar-refractivity contribution is 5.82. The van der Waals surface area contributed by atoms with E-state index >= 15 is 0 Å². The van der Waals surface area contributed by atoms with Gasteiger partial charge in [-0.25, -0.2) is 9.67 Å². The third-order valence-electron chi connectivity index (χ3n) is 2.93. The topological polar surface area (TPSA) is 90.9 Å². The van der Waals surface area contributed by atoms with Crippen molar-refractivity contribution in [1.82, 2.24) is 14.8 Å². The molecule has 0 unspecified atom stereocenters. The number of hydrogen-bond acceptors (Lipinski definition) is 5. The largest absolute Gasteiger partial charge is 0.298 e. The number of aryl methyl sites for hydroxylation is 2. The van der Waals surface area contributed by atoms with E-state index in [-0.39, 0.29) is 11.3 Å². The fourth-order valence-corrected chi connectivity index (χ4v) is 1.91. The zero-order chi connectivity index (χ0) is 14.7. The van der Waals surface area contributed by atoms with Crippen LogP contribution in [0, 0.1) is 10.1 Å². The van der Waals surface area contributed by atoms with Crippen molar-refractivity contribution in [2.75, 3.05) is 0 Å². The molecule has 104 valence electrons. The number of carbonyl (C=O) groups is 1. The molecule has 0 saturated carbocycles. The van der Waals surface area contributed by atoms with E-state index in [1.54, 1.807) is 10.7 Å². The Morgan fingerprint density at radius 3 is 2.65 bits per heavy atom. The number of rotatable bonds is 5. The molecule has 1 aromatic heterocycles. The molecule has 0 spiro atoms. The van der Waals surface area contributed by atoms with Gasteiger partial charge in [-0.05, 0) is 12.1 Å². The molecule has 0 saturated heterocycles. The van der Waals surface area contributed by atoms with E-state index in [1.165, 1.54) is 12.1 Å². The van der Waals surface area contributed by atoms with Crippen LogP contribution < -0.4 is 0 Å². The maximum absolute atomic E-state index is 11.0.